The van der Waals surface area contributed by atoms with E-state index in [1.165, 1.54) is 10.9 Å². The molecule has 0 spiro atoms. The van der Waals surface area contributed by atoms with Gasteiger partial charge in [-0.3, -0.25) is 4.90 Å². The van der Waals surface area contributed by atoms with Gasteiger partial charge in [-0.05, 0) is 36.2 Å². The summed E-state index contributed by atoms with van der Waals surface area (Å²) < 4.78 is 13.5. The number of nitrogens with two attached hydrogens (primary N) is 1. The van der Waals surface area contributed by atoms with E-state index < -0.39 is 0 Å². The third kappa shape index (κ3) is 3.83. The zero-order valence-electron chi connectivity index (χ0n) is 10.6. The van der Waals surface area contributed by atoms with Crippen LogP contribution in [0.2, 0.25) is 0 Å². The minimum atomic E-state index is -0.364. The van der Waals surface area contributed by atoms with E-state index in [0.717, 1.165) is 18.7 Å². The minimum Gasteiger partial charge on any atom is -0.389 e. The molecule has 0 aliphatic rings. The van der Waals surface area contributed by atoms with Crippen molar-refractivity contribution in [1.29, 1.82) is 0 Å². The first kappa shape index (κ1) is 14.1. The van der Waals surface area contributed by atoms with Gasteiger partial charge in [-0.25, -0.2) is 4.39 Å². The molecule has 0 aliphatic heterocycles. The van der Waals surface area contributed by atoms with Crippen LogP contribution >= 0.6 is 23.6 Å². The Balaban J connectivity index is 2.06. The van der Waals surface area contributed by atoms with E-state index in [1.54, 1.807) is 23.5 Å². The molecule has 2 nitrogen and oxygen atoms in total. The zero-order chi connectivity index (χ0) is 13.8. The van der Waals surface area contributed by atoms with Crippen LogP contribution in [0.4, 0.5) is 4.39 Å². The number of thiocarbonyl (C=S) groups is 1. The van der Waals surface area contributed by atoms with Crippen LogP contribution in [0.25, 0.3) is 0 Å². The summed E-state index contributed by atoms with van der Waals surface area (Å²) in [6, 6.07) is 9.05. The van der Waals surface area contributed by atoms with Crippen molar-refractivity contribution in [3.05, 3.63) is 57.5 Å². The van der Waals surface area contributed by atoms with Crippen molar-refractivity contribution in [3.8, 4) is 0 Å². The Kier molecular flexibility index (Phi) is 4.63. The van der Waals surface area contributed by atoms with Crippen molar-refractivity contribution < 1.29 is 4.39 Å². The topological polar surface area (TPSA) is 29.3 Å². The van der Waals surface area contributed by atoms with Crippen molar-refractivity contribution in [3.63, 3.8) is 0 Å². The molecular weight excluding hydrogens is 279 g/mol. The molecule has 5 heteroatoms. The summed E-state index contributed by atoms with van der Waals surface area (Å²) in [6.07, 6.45) is 0. The molecule has 1 aromatic carbocycles. The van der Waals surface area contributed by atoms with E-state index in [9.17, 15) is 4.39 Å². The highest BCUT2D eigenvalue weighted by Crippen LogP contribution is 2.15. The highest BCUT2D eigenvalue weighted by molar-refractivity contribution is 7.80. The number of thiophene rings is 1. The molecule has 0 saturated carbocycles. The molecule has 2 aromatic rings. The molecule has 2 N–H and O–H groups in total. The Morgan fingerprint density at radius 3 is 2.79 bits per heavy atom. The lowest BCUT2D eigenvalue weighted by molar-refractivity contribution is 0.322. The highest BCUT2D eigenvalue weighted by Gasteiger charge is 2.08. The van der Waals surface area contributed by atoms with Crippen molar-refractivity contribution in [2.45, 2.75) is 13.1 Å². The lowest BCUT2D eigenvalue weighted by Crippen LogP contribution is -2.18. The molecule has 0 radical (unpaired) electrons. The molecule has 0 fully saturated rings. The molecule has 0 amide bonds. The predicted octanol–water partition coefficient (Wildman–Crippen LogP) is 3.15. The van der Waals surface area contributed by atoms with Crippen LogP contribution in [0.1, 0.15) is 16.0 Å². The quantitative estimate of drug-likeness (QED) is 0.859. The van der Waals surface area contributed by atoms with Crippen LogP contribution in [0, 0.1) is 5.82 Å². The second-order valence-electron chi connectivity index (χ2n) is 4.43. The maximum absolute atomic E-state index is 13.5. The van der Waals surface area contributed by atoms with Gasteiger partial charge in [0.15, 0.2) is 0 Å². The summed E-state index contributed by atoms with van der Waals surface area (Å²) in [7, 11) is 2.03. The first-order chi connectivity index (χ1) is 9.06. The minimum absolute atomic E-state index is 0.0975. The summed E-state index contributed by atoms with van der Waals surface area (Å²) in [5.74, 6) is -0.364. The van der Waals surface area contributed by atoms with Gasteiger partial charge in [-0.1, -0.05) is 24.4 Å². The molecule has 0 unspecified atom stereocenters. The molecule has 100 valence electrons. The van der Waals surface area contributed by atoms with Crippen molar-refractivity contribution >= 4 is 28.5 Å². The van der Waals surface area contributed by atoms with E-state index in [4.69, 9.17) is 18.0 Å². The summed E-state index contributed by atoms with van der Waals surface area (Å²) in [6.45, 7) is 1.60. The van der Waals surface area contributed by atoms with Crippen LogP contribution in [0.15, 0.2) is 35.7 Å². The van der Waals surface area contributed by atoms with Gasteiger partial charge >= 0.3 is 0 Å². The second kappa shape index (κ2) is 6.23. The number of nitrogens with zero attached hydrogens (tertiary/aromatic N) is 1. The van der Waals surface area contributed by atoms with Crippen LogP contribution in [0.3, 0.4) is 0 Å². The van der Waals surface area contributed by atoms with Gasteiger partial charge in [0.1, 0.15) is 10.8 Å². The average Bonchev–Trinajstić information content (AvgIpc) is 2.84. The van der Waals surface area contributed by atoms with E-state index in [0.29, 0.717) is 5.56 Å². The standard InChI is InChI=1S/C14H15FN2S2/c1-17(9-11-3-2-6-19-11)8-10-4-5-13(15)12(7-10)14(16)18/h2-7H,8-9H2,1H3,(H2,16,18). The first-order valence-corrected chi connectivity index (χ1v) is 7.14. The van der Waals surface area contributed by atoms with Crippen molar-refractivity contribution in [1.82, 2.24) is 4.90 Å². The van der Waals surface area contributed by atoms with Crippen LogP contribution in [-0.2, 0) is 13.1 Å². The number of halogens is 1. The van der Waals surface area contributed by atoms with Crippen molar-refractivity contribution in [2.24, 2.45) is 5.73 Å². The number of benzene rings is 1. The molecule has 0 atom stereocenters. The van der Waals surface area contributed by atoms with Gasteiger partial charge in [0.25, 0.3) is 0 Å². The summed E-state index contributed by atoms with van der Waals surface area (Å²) >= 11 is 6.57. The number of hydrogen-bond donors (Lipinski definition) is 1. The monoisotopic (exact) mass is 294 g/mol. The maximum atomic E-state index is 13.5. The van der Waals surface area contributed by atoms with Crippen molar-refractivity contribution in [2.75, 3.05) is 7.05 Å². The van der Waals surface area contributed by atoms with Crippen LogP contribution < -0.4 is 5.73 Å². The van der Waals surface area contributed by atoms with Gasteiger partial charge in [-0.15, -0.1) is 11.3 Å². The Hall–Kier alpha value is -1.30. The molecular formula is C14H15FN2S2. The maximum Gasteiger partial charge on any atom is 0.133 e. The fraction of sp³-hybridized carbons (Fsp3) is 0.214. The average molecular weight is 294 g/mol. The van der Waals surface area contributed by atoms with Gasteiger partial charge < -0.3 is 5.73 Å². The van der Waals surface area contributed by atoms with E-state index in [-0.39, 0.29) is 10.8 Å². The molecule has 1 heterocycles. The van der Waals surface area contributed by atoms with E-state index in [2.05, 4.69) is 16.3 Å². The Labute approximate surface area is 121 Å². The Morgan fingerprint density at radius 2 is 2.16 bits per heavy atom. The van der Waals surface area contributed by atoms with E-state index >= 15 is 0 Å². The lowest BCUT2D eigenvalue weighted by atomic mass is 10.1. The fourth-order valence-electron chi connectivity index (χ4n) is 1.90. The van der Waals surface area contributed by atoms with Crippen LogP contribution in [-0.4, -0.2) is 16.9 Å². The third-order valence-corrected chi connectivity index (χ3v) is 3.84. The van der Waals surface area contributed by atoms with E-state index in [1.807, 2.05) is 13.1 Å². The largest absolute Gasteiger partial charge is 0.389 e. The second-order valence-corrected chi connectivity index (χ2v) is 5.90. The Bertz CT molecular complexity index is 567. The normalized spacial score (nSPS) is 10.9. The first-order valence-electron chi connectivity index (χ1n) is 5.85. The van der Waals surface area contributed by atoms with Crippen LogP contribution in [0.5, 0.6) is 0 Å². The highest BCUT2D eigenvalue weighted by atomic mass is 32.1. The Morgan fingerprint density at radius 1 is 1.37 bits per heavy atom. The van der Waals surface area contributed by atoms with Gasteiger partial charge in [0, 0.05) is 23.5 Å². The number of rotatable bonds is 5. The SMILES string of the molecule is CN(Cc1ccc(F)c(C(N)=S)c1)Cc1cccs1. The van der Waals surface area contributed by atoms with Gasteiger partial charge in [0.2, 0.25) is 0 Å². The lowest BCUT2D eigenvalue weighted by Gasteiger charge is -2.16. The molecule has 0 aliphatic carbocycles. The summed E-state index contributed by atoms with van der Waals surface area (Å²) in [4.78, 5) is 3.57. The molecule has 0 bridgehead atoms. The zero-order valence-corrected chi connectivity index (χ0v) is 12.2. The third-order valence-electron chi connectivity index (χ3n) is 2.75. The summed E-state index contributed by atoms with van der Waals surface area (Å²) in [5.41, 5.74) is 6.82. The molecule has 19 heavy (non-hydrogen) atoms. The fourth-order valence-corrected chi connectivity index (χ4v) is 2.84. The molecule has 2 rings (SSSR count). The molecule has 0 saturated heterocycles. The smallest absolute Gasteiger partial charge is 0.133 e. The molecule has 1 aromatic heterocycles. The summed E-state index contributed by atoms with van der Waals surface area (Å²) in [5, 5.41) is 2.06. The predicted molar refractivity (Wildman–Crippen MR) is 81.8 cm³/mol. The van der Waals surface area contributed by atoms with Gasteiger partial charge in [-0.2, -0.15) is 0 Å². The number of hydrogen-bond acceptors (Lipinski definition) is 3. The van der Waals surface area contributed by atoms with Gasteiger partial charge in [0.05, 0.1) is 0 Å².